The van der Waals surface area contributed by atoms with Gasteiger partial charge in [-0.1, -0.05) is 0 Å². The summed E-state index contributed by atoms with van der Waals surface area (Å²) in [6, 6.07) is 5.69. The van der Waals surface area contributed by atoms with Crippen LogP contribution in [0.15, 0.2) is 22.1 Å². The molecule has 0 aromatic carbocycles. The first kappa shape index (κ1) is 16.2. The van der Waals surface area contributed by atoms with Gasteiger partial charge in [-0.05, 0) is 45.0 Å². The molecule has 2 aromatic rings. The van der Waals surface area contributed by atoms with Crippen molar-refractivity contribution in [1.29, 1.82) is 5.26 Å². The SMILES string of the molecule is Cc1ncsc1CN(C)C[C@H]1CCN(Cc2ccc(C#N)o2)C1. The van der Waals surface area contributed by atoms with E-state index in [9.17, 15) is 0 Å². The maximum absolute atomic E-state index is 8.81. The Hall–Kier alpha value is -1.68. The molecule has 23 heavy (non-hydrogen) atoms. The number of hydrogen-bond donors (Lipinski definition) is 0. The van der Waals surface area contributed by atoms with Gasteiger partial charge in [0.05, 0.1) is 17.7 Å². The summed E-state index contributed by atoms with van der Waals surface area (Å²) >= 11 is 1.74. The molecule has 6 heteroatoms. The van der Waals surface area contributed by atoms with Crippen molar-refractivity contribution in [2.45, 2.75) is 26.4 Å². The minimum Gasteiger partial charge on any atom is -0.449 e. The van der Waals surface area contributed by atoms with Gasteiger partial charge in [-0.15, -0.1) is 11.3 Å². The maximum atomic E-state index is 8.81. The van der Waals surface area contributed by atoms with Crippen LogP contribution in [-0.4, -0.2) is 41.5 Å². The number of aryl methyl sites for hydroxylation is 1. The van der Waals surface area contributed by atoms with Crippen molar-refractivity contribution in [2.75, 3.05) is 26.7 Å². The van der Waals surface area contributed by atoms with E-state index in [1.54, 1.807) is 17.4 Å². The van der Waals surface area contributed by atoms with Crippen LogP contribution in [0.2, 0.25) is 0 Å². The molecule has 1 atom stereocenters. The fourth-order valence-electron chi connectivity index (χ4n) is 3.18. The molecule has 0 spiro atoms. The van der Waals surface area contributed by atoms with Gasteiger partial charge in [0, 0.05) is 24.5 Å². The molecule has 1 aliphatic heterocycles. The molecule has 0 unspecified atom stereocenters. The highest BCUT2D eigenvalue weighted by Gasteiger charge is 2.24. The summed E-state index contributed by atoms with van der Waals surface area (Å²) in [7, 11) is 2.19. The Bertz CT molecular complexity index is 687. The first-order chi connectivity index (χ1) is 11.1. The molecular formula is C17H22N4OS. The highest BCUT2D eigenvalue weighted by atomic mass is 32.1. The summed E-state index contributed by atoms with van der Waals surface area (Å²) < 4.78 is 5.48. The van der Waals surface area contributed by atoms with Crippen LogP contribution in [0, 0.1) is 24.2 Å². The molecular weight excluding hydrogens is 308 g/mol. The van der Waals surface area contributed by atoms with E-state index >= 15 is 0 Å². The van der Waals surface area contributed by atoms with E-state index in [0.29, 0.717) is 11.7 Å². The van der Waals surface area contributed by atoms with Crippen LogP contribution >= 0.6 is 11.3 Å². The lowest BCUT2D eigenvalue weighted by Gasteiger charge is -2.21. The van der Waals surface area contributed by atoms with E-state index in [0.717, 1.165) is 44.2 Å². The monoisotopic (exact) mass is 330 g/mol. The molecule has 122 valence electrons. The number of furan rings is 1. The van der Waals surface area contributed by atoms with Gasteiger partial charge in [0.15, 0.2) is 0 Å². The van der Waals surface area contributed by atoms with E-state index in [4.69, 9.17) is 9.68 Å². The minimum atomic E-state index is 0.399. The molecule has 1 saturated heterocycles. The van der Waals surface area contributed by atoms with Crippen LogP contribution in [0.1, 0.15) is 28.5 Å². The van der Waals surface area contributed by atoms with E-state index in [1.807, 2.05) is 17.6 Å². The van der Waals surface area contributed by atoms with Gasteiger partial charge in [0.1, 0.15) is 11.8 Å². The molecule has 0 N–H and O–H groups in total. The molecule has 1 fully saturated rings. The molecule has 0 aliphatic carbocycles. The average molecular weight is 330 g/mol. The van der Waals surface area contributed by atoms with E-state index in [1.165, 1.54) is 11.3 Å². The fraction of sp³-hybridized carbons (Fsp3) is 0.529. The van der Waals surface area contributed by atoms with Crippen molar-refractivity contribution < 1.29 is 4.42 Å². The third-order valence-electron chi connectivity index (χ3n) is 4.35. The van der Waals surface area contributed by atoms with Gasteiger partial charge in [-0.2, -0.15) is 5.26 Å². The predicted octanol–water partition coefficient (Wildman–Crippen LogP) is 2.87. The topological polar surface area (TPSA) is 56.3 Å². The third-order valence-corrected chi connectivity index (χ3v) is 5.27. The van der Waals surface area contributed by atoms with Crippen LogP contribution < -0.4 is 0 Å². The van der Waals surface area contributed by atoms with Crippen LogP contribution in [0.25, 0.3) is 0 Å². The summed E-state index contributed by atoms with van der Waals surface area (Å²) in [6.07, 6.45) is 1.22. The molecule has 3 rings (SSSR count). The molecule has 0 amide bonds. The normalized spacial score (nSPS) is 18.6. The Balaban J connectivity index is 1.46. The van der Waals surface area contributed by atoms with Crippen molar-refractivity contribution in [2.24, 2.45) is 5.92 Å². The van der Waals surface area contributed by atoms with E-state index < -0.39 is 0 Å². The average Bonchev–Trinajstić information content (AvgIpc) is 3.23. The van der Waals surface area contributed by atoms with Crippen molar-refractivity contribution >= 4 is 11.3 Å². The first-order valence-corrected chi connectivity index (χ1v) is 8.80. The molecule has 0 saturated carbocycles. The number of likely N-dealkylation sites (tertiary alicyclic amines) is 1. The van der Waals surface area contributed by atoms with Gasteiger partial charge >= 0.3 is 0 Å². The lowest BCUT2D eigenvalue weighted by atomic mass is 10.1. The second-order valence-corrected chi connectivity index (χ2v) is 7.26. The summed E-state index contributed by atoms with van der Waals surface area (Å²) in [5, 5.41) is 8.81. The predicted molar refractivity (Wildman–Crippen MR) is 90.0 cm³/mol. The summed E-state index contributed by atoms with van der Waals surface area (Å²) in [5.41, 5.74) is 3.08. The lowest BCUT2D eigenvalue weighted by molar-refractivity contribution is 0.247. The Kier molecular flexibility index (Phi) is 5.11. The quantitative estimate of drug-likeness (QED) is 0.815. The summed E-state index contributed by atoms with van der Waals surface area (Å²) in [4.78, 5) is 10.5. The number of hydrogen-bond acceptors (Lipinski definition) is 6. The number of aromatic nitrogens is 1. The fourth-order valence-corrected chi connectivity index (χ4v) is 4.03. The molecule has 0 radical (unpaired) electrons. The Morgan fingerprint density at radius 1 is 1.52 bits per heavy atom. The van der Waals surface area contributed by atoms with E-state index in [2.05, 4.69) is 28.8 Å². The van der Waals surface area contributed by atoms with Crippen molar-refractivity contribution in [3.63, 3.8) is 0 Å². The van der Waals surface area contributed by atoms with Crippen LogP contribution in [0.4, 0.5) is 0 Å². The third kappa shape index (κ3) is 4.20. The molecule has 0 bridgehead atoms. The van der Waals surface area contributed by atoms with Crippen molar-refractivity contribution in [1.82, 2.24) is 14.8 Å². The molecule has 5 nitrogen and oxygen atoms in total. The molecule has 3 heterocycles. The van der Waals surface area contributed by atoms with Crippen LogP contribution in [-0.2, 0) is 13.1 Å². The Morgan fingerprint density at radius 2 is 2.39 bits per heavy atom. The standard InChI is InChI=1S/C17H22N4OS/c1-13-17(23-12-19-13)11-20(2)8-14-5-6-21(9-14)10-16-4-3-15(7-18)22-16/h3-4,12,14H,5-6,8-11H2,1-2H3/t14-/m1/s1. The summed E-state index contributed by atoms with van der Waals surface area (Å²) in [6.45, 7) is 7.16. The van der Waals surface area contributed by atoms with E-state index in [-0.39, 0.29) is 0 Å². The smallest absolute Gasteiger partial charge is 0.203 e. The second kappa shape index (κ2) is 7.26. The molecule has 2 aromatic heterocycles. The zero-order valence-electron chi connectivity index (χ0n) is 13.7. The van der Waals surface area contributed by atoms with Gasteiger partial charge in [-0.3, -0.25) is 4.90 Å². The zero-order chi connectivity index (χ0) is 16.2. The number of rotatable bonds is 6. The van der Waals surface area contributed by atoms with Gasteiger partial charge in [-0.25, -0.2) is 4.98 Å². The summed E-state index contributed by atoms with van der Waals surface area (Å²) in [5.74, 6) is 1.98. The van der Waals surface area contributed by atoms with Gasteiger partial charge in [0.2, 0.25) is 5.76 Å². The van der Waals surface area contributed by atoms with Crippen LogP contribution in [0.5, 0.6) is 0 Å². The minimum absolute atomic E-state index is 0.399. The van der Waals surface area contributed by atoms with Gasteiger partial charge in [0.25, 0.3) is 0 Å². The maximum Gasteiger partial charge on any atom is 0.203 e. The second-order valence-electron chi connectivity index (χ2n) is 6.33. The van der Waals surface area contributed by atoms with Crippen molar-refractivity contribution in [3.05, 3.63) is 39.7 Å². The Labute approximate surface area is 141 Å². The zero-order valence-corrected chi connectivity index (χ0v) is 14.5. The molecule has 1 aliphatic rings. The lowest BCUT2D eigenvalue weighted by Crippen LogP contribution is -2.27. The highest BCUT2D eigenvalue weighted by molar-refractivity contribution is 7.09. The van der Waals surface area contributed by atoms with Gasteiger partial charge < -0.3 is 9.32 Å². The highest BCUT2D eigenvalue weighted by Crippen LogP contribution is 2.22. The first-order valence-electron chi connectivity index (χ1n) is 7.92. The largest absolute Gasteiger partial charge is 0.449 e. The number of thiazole rings is 1. The number of nitriles is 1. The number of nitrogens with zero attached hydrogens (tertiary/aromatic N) is 4. The van der Waals surface area contributed by atoms with Crippen LogP contribution in [0.3, 0.4) is 0 Å². The Morgan fingerprint density at radius 3 is 3.09 bits per heavy atom. The van der Waals surface area contributed by atoms with Crippen molar-refractivity contribution in [3.8, 4) is 6.07 Å².